The van der Waals surface area contributed by atoms with E-state index in [0.717, 1.165) is 0 Å². The number of Topliss-reactive ketones (excluding diaryl/α,β-unsaturated/α-hetero) is 1. The number of aromatic nitrogens is 4. The summed E-state index contributed by atoms with van der Waals surface area (Å²) in [5, 5.41) is 9.81. The lowest BCUT2D eigenvalue weighted by Gasteiger charge is -2.08. The minimum Gasteiger partial charge on any atom is -0.292 e. The van der Waals surface area contributed by atoms with E-state index in [1.807, 2.05) is 12.1 Å². The SMILES string of the molecule is Cc1nn(CC(=O)c2ccccc2)c(=O)c2c1cnn2-c1cccc(Cl)c1. The Labute approximate surface area is 159 Å². The molecule has 0 unspecified atom stereocenters. The number of rotatable bonds is 4. The number of aryl methyl sites for hydroxylation is 1. The fraction of sp³-hybridized carbons (Fsp3) is 0.100. The van der Waals surface area contributed by atoms with Crippen LogP contribution in [0.5, 0.6) is 0 Å². The first-order chi connectivity index (χ1) is 13.0. The van der Waals surface area contributed by atoms with Crippen molar-refractivity contribution in [2.75, 3.05) is 0 Å². The number of carbonyl (C=O) groups is 1. The lowest BCUT2D eigenvalue weighted by Crippen LogP contribution is -2.28. The van der Waals surface area contributed by atoms with Crippen LogP contribution in [0, 0.1) is 6.92 Å². The molecule has 2 heterocycles. The third-order valence-electron chi connectivity index (χ3n) is 4.31. The number of hydrogen-bond acceptors (Lipinski definition) is 4. The molecular weight excluding hydrogens is 364 g/mol. The van der Waals surface area contributed by atoms with Gasteiger partial charge in [0, 0.05) is 16.0 Å². The van der Waals surface area contributed by atoms with Gasteiger partial charge in [0.2, 0.25) is 0 Å². The van der Waals surface area contributed by atoms with Crippen LogP contribution in [0.1, 0.15) is 16.1 Å². The molecular formula is C20H15ClN4O2. The normalized spacial score (nSPS) is 11.0. The van der Waals surface area contributed by atoms with Gasteiger partial charge in [0.15, 0.2) is 5.78 Å². The van der Waals surface area contributed by atoms with Crippen LogP contribution in [0.2, 0.25) is 5.02 Å². The van der Waals surface area contributed by atoms with Crippen LogP contribution >= 0.6 is 11.6 Å². The molecule has 0 N–H and O–H groups in total. The number of fused-ring (bicyclic) bond motifs is 1. The van der Waals surface area contributed by atoms with Gasteiger partial charge in [-0.25, -0.2) is 9.36 Å². The summed E-state index contributed by atoms with van der Waals surface area (Å²) >= 11 is 6.07. The Morgan fingerprint density at radius 2 is 1.89 bits per heavy atom. The molecule has 6 nitrogen and oxygen atoms in total. The fourth-order valence-corrected chi connectivity index (χ4v) is 3.17. The highest BCUT2D eigenvalue weighted by molar-refractivity contribution is 6.30. The number of halogens is 1. The maximum Gasteiger partial charge on any atom is 0.293 e. The molecule has 0 radical (unpaired) electrons. The van der Waals surface area contributed by atoms with Gasteiger partial charge in [-0.3, -0.25) is 9.59 Å². The zero-order chi connectivity index (χ0) is 19.0. The molecule has 0 saturated carbocycles. The molecule has 134 valence electrons. The summed E-state index contributed by atoms with van der Waals surface area (Å²) in [5.74, 6) is -0.183. The van der Waals surface area contributed by atoms with E-state index in [9.17, 15) is 9.59 Å². The molecule has 0 fully saturated rings. The second-order valence-corrected chi connectivity index (χ2v) is 6.57. The molecule has 0 saturated heterocycles. The maximum atomic E-state index is 13.0. The number of carbonyl (C=O) groups excluding carboxylic acids is 1. The van der Waals surface area contributed by atoms with E-state index in [4.69, 9.17) is 11.6 Å². The summed E-state index contributed by atoms with van der Waals surface area (Å²) in [5.41, 5.74) is 1.81. The molecule has 0 spiro atoms. The van der Waals surface area contributed by atoms with Gasteiger partial charge in [0.05, 0.1) is 17.6 Å². The van der Waals surface area contributed by atoms with Crippen LogP contribution in [0.15, 0.2) is 65.6 Å². The van der Waals surface area contributed by atoms with Crippen molar-refractivity contribution in [1.29, 1.82) is 0 Å². The molecule has 0 aliphatic rings. The van der Waals surface area contributed by atoms with E-state index in [1.54, 1.807) is 55.6 Å². The first kappa shape index (κ1) is 17.2. The summed E-state index contributed by atoms with van der Waals surface area (Å²) in [6, 6.07) is 15.9. The third kappa shape index (κ3) is 3.15. The van der Waals surface area contributed by atoms with Crippen molar-refractivity contribution < 1.29 is 4.79 Å². The Morgan fingerprint density at radius 3 is 2.63 bits per heavy atom. The molecule has 4 rings (SSSR count). The average Bonchev–Trinajstić information content (AvgIpc) is 3.12. The van der Waals surface area contributed by atoms with E-state index in [1.165, 1.54) is 9.36 Å². The van der Waals surface area contributed by atoms with Crippen molar-refractivity contribution >= 4 is 28.3 Å². The first-order valence-corrected chi connectivity index (χ1v) is 8.72. The molecule has 0 aliphatic heterocycles. The smallest absolute Gasteiger partial charge is 0.292 e. The van der Waals surface area contributed by atoms with E-state index in [2.05, 4.69) is 10.2 Å². The Kier molecular flexibility index (Phi) is 4.33. The predicted octanol–water partition coefficient (Wildman–Crippen LogP) is 3.43. The van der Waals surface area contributed by atoms with Crippen LogP contribution in [-0.4, -0.2) is 25.3 Å². The van der Waals surface area contributed by atoms with Crippen molar-refractivity contribution in [3.05, 3.63) is 87.4 Å². The topological polar surface area (TPSA) is 69.8 Å². The van der Waals surface area contributed by atoms with Gasteiger partial charge in [0.25, 0.3) is 5.56 Å². The van der Waals surface area contributed by atoms with Crippen molar-refractivity contribution in [3.8, 4) is 5.69 Å². The monoisotopic (exact) mass is 378 g/mol. The number of hydrogen-bond donors (Lipinski definition) is 0. The summed E-state index contributed by atoms with van der Waals surface area (Å²) < 4.78 is 2.72. The summed E-state index contributed by atoms with van der Waals surface area (Å²) in [6.07, 6.45) is 1.60. The Morgan fingerprint density at radius 1 is 1.11 bits per heavy atom. The second-order valence-electron chi connectivity index (χ2n) is 6.14. The van der Waals surface area contributed by atoms with Crippen molar-refractivity contribution in [3.63, 3.8) is 0 Å². The molecule has 7 heteroatoms. The average molecular weight is 379 g/mol. The maximum absolute atomic E-state index is 13.0. The van der Waals surface area contributed by atoms with E-state index < -0.39 is 0 Å². The highest BCUT2D eigenvalue weighted by Gasteiger charge is 2.17. The van der Waals surface area contributed by atoms with Crippen LogP contribution in [0.25, 0.3) is 16.6 Å². The standard InChI is InChI=1S/C20H15ClN4O2/c1-13-17-11-22-25(16-9-5-8-15(21)10-16)19(17)20(27)24(23-13)12-18(26)14-6-3-2-4-7-14/h2-11H,12H2,1H3. The third-order valence-corrected chi connectivity index (χ3v) is 4.54. The number of benzene rings is 2. The highest BCUT2D eigenvalue weighted by atomic mass is 35.5. The minimum atomic E-state index is -0.377. The molecule has 0 bridgehead atoms. The zero-order valence-electron chi connectivity index (χ0n) is 14.5. The minimum absolute atomic E-state index is 0.139. The van der Waals surface area contributed by atoms with Gasteiger partial charge in [-0.2, -0.15) is 10.2 Å². The number of nitrogens with zero attached hydrogens (tertiary/aromatic N) is 4. The molecule has 27 heavy (non-hydrogen) atoms. The molecule has 0 aliphatic carbocycles. The van der Waals surface area contributed by atoms with E-state index in [0.29, 0.717) is 32.9 Å². The summed E-state index contributed by atoms with van der Waals surface area (Å²) in [4.78, 5) is 25.6. The Bertz CT molecular complexity index is 1210. The molecule has 4 aromatic rings. The van der Waals surface area contributed by atoms with Gasteiger partial charge in [-0.15, -0.1) is 0 Å². The lowest BCUT2D eigenvalue weighted by atomic mass is 10.1. The zero-order valence-corrected chi connectivity index (χ0v) is 15.2. The lowest BCUT2D eigenvalue weighted by molar-refractivity contribution is 0.0966. The van der Waals surface area contributed by atoms with Crippen LogP contribution < -0.4 is 5.56 Å². The molecule has 0 atom stereocenters. The van der Waals surface area contributed by atoms with Gasteiger partial charge in [0.1, 0.15) is 12.1 Å². The van der Waals surface area contributed by atoms with Crippen molar-refractivity contribution in [2.24, 2.45) is 0 Å². The summed E-state index contributed by atoms with van der Waals surface area (Å²) in [6.45, 7) is 1.65. The first-order valence-electron chi connectivity index (χ1n) is 8.34. The molecule has 0 amide bonds. The van der Waals surface area contributed by atoms with E-state index in [-0.39, 0.29) is 17.9 Å². The van der Waals surface area contributed by atoms with E-state index >= 15 is 0 Å². The fourth-order valence-electron chi connectivity index (χ4n) is 2.98. The quantitative estimate of drug-likeness (QED) is 0.510. The Hall–Kier alpha value is -3.25. The van der Waals surface area contributed by atoms with Gasteiger partial charge in [-0.05, 0) is 25.1 Å². The summed E-state index contributed by atoms with van der Waals surface area (Å²) in [7, 11) is 0. The highest BCUT2D eigenvalue weighted by Crippen LogP contribution is 2.19. The van der Waals surface area contributed by atoms with Gasteiger partial charge in [-0.1, -0.05) is 48.0 Å². The van der Waals surface area contributed by atoms with Crippen molar-refractivity contribution in [2.45, 2.75) is 13.5 Å². The van der Waals surface area contributed by atoms with Gasteiger partial charge >= 0.3 is 0 Å². The van der Waals surface area contributed by atoms with Gasteiger partial charge < -0.3 is 0 Å². The molecule has 2 aromatic heterocycles. The largest absolute Gasteiger partial charge is 0.293 e. The second kappa shape index (κ2) is 6.81. The van der Waals surface area contributed by atoms with Crippen LogP contribution in [0.3, 0.4) is 0 Å². The molecule has 2 aromatic carbocycles. The Balaban J connectivity index is 1.84. The van der Waals surface area contributed by atoms with Crippen LogP contribution in [-0.2, 0) is 6.54 Å². The van der Waals surface area contributed by atoms with Crippen molar-refractivity contribution in [1.82, 2.24) is 19.6 Å². The predicted molar refractivity (Wildman–Crippen MR) is 104 cm³/mol. The number of ketones is 1. The van der Waals surface area contributed by atoms with Crippen LogP contribution in [0.4, 0.5) is 0 Å².